The molecule has 134 valence electrons. The summed E-state index contributed by atoms with van der Waals surface area (Å²) >= 11 is 1.03. The molecular formula is C18H15F2N3O2S. The Bertz CT molecular complexity index is 928. The van der Waals surface area contributed by atoms with Crippen molar-refractivity contribution in [1.82, 2.24) is 10.2 Å². The number of hydrogen-bond acceptors (Lipinski definition) is 5. The molecule has 0 unspecified atom stereocenters. The van der Waals surface area contributed by atoms with E-state index in [9.17, 15) is 13.6 Å². The van der Waals surface area contributed by atoms with Crippen LogP contribution in [-0.4, -0.2) is 21.4 Å². The number of aryl methyl sites for hydroxylation is 1. The summed E-state index contributed by atoms with van der Waals surface area (Å²) in [5.74, 6) is -1.51. The van der Waals surface area contributed by atoms with Gasteiger partial charge in [0.1, 0.15) is 11.6 Å². The average molecular weight is 375 g/mol. The van der Waals surface area contributed by atoms with Crippen LogP contribution in [0.4, 0.5) is 14.5 Å². The molecule has 1 heterocycles. The van der Waals surface area contributed by atoms with Gasteiger partial charge in [0.15, 0.2) is 0 Å². The number of rotatable bonds is 5. The van der Waals surface area contributed by atoms with Gasteiger partial charge in [-0.05, 0) is 38.1 Å². The second kappa shape index (κ2) is 7.65. The third-order valence-electron chi connectivity index (χ3n) is 3.54. The minimum atomic E-state index is -0.712. The maximum Gasteiger partial charge on any atom is 0.277 e. The van der Waals surface area contributed by atoms with Gasteiger partial charge in [-0.1, -0.05) is 29.5 Å². The first-order chi connectivity index (χ1) is 12.4. The van der Waals surface area contributed by atoms with Crippen molar-refractivity contribution in [2.45, 2.75) is 24.3 Å². The number of aromatic nitrogens is 2. The Balaban J connectivity index is 1.66. The van der Waals surface area contributed by atoms with Crippen molar-refractivity contribution in [1.29, 1.82) is 0 Å². The summed E-state index contributed by atoms with van der Waals surface area (Å²) in [5.41, 5.74) is 1.67. The molecule has 1 N–H and O–H groups in total. The summed E-state index contributed by atoms with van der Waals surface area (Å²) in [7, 11) is 0. The van der Waals surface area contributed by atoms with Gasteiger partial charge >= 0.3 is 0 Å². The lowest BCUT2D eigenvalue weighted by atomic mass is 10.1. The van der Waals surface area contributed by atoms with Crippen molar-refractivity contribution < 1.29 is 18.0 Å². The lowest BCUT2D eigenvalue weighted by molar-refractivity contribution is -0.115. The fourth-order valence-corrected chi connectivity index (χ4v) is 2.79. The number of benzene rings is 2. The maximum atomic E-state index is 13.6. The number of nitrogens with one attached hydrogen (secondary N) is 1. The first kappa shape index (κ1) is 18.1. The van der Waals surface area contributed by atoms with Crippen molar-refractivity contribution in [2.24, 2.45) is 0 Å². The summed E-state index contributed by atoms with van der Waals surface area (Å²) < 4.78 is 32.3. The highest BCUT2D eigenvalue weighted by molar-refractivity contribution is 8.00. The second-order valence-corrected chi connectivity index (χ2v) is 6.90. The van der Waals surface area contributed by atoms with Crippen LogP contribution in [0.5, 0.6) is 0 Å². The van der Waals surface area contributed by atoms with E-state index < -0.39 is 22.8 Å². The van der Waals surface area contributed by atoms with E-state index in [0.29, 0.717) is 5.89 Å². The predicted octanol–water partition coefficient (Wildman–Crippen LogP) is 4.44. The molecule has 0 saturated carbocycles. The van der Waals surface area contributed by atoms with E-state index in [1.807, 2.05) is 31.2 Å². The molecule has 0 aliphatic heterocycles. The van der Waals surface area contributed by atoms with Gasteiger partial charge in [-0.2, -0.15) is 0 Å². The van der Waals surface area contributed by atoms with Crippen molar-refractivity contribution in [3.05, 3.63) is 59.7 Å². The monoisotopic (exact) mass is 375 g/mol. The number of carbonyl (C=O) groups excluding carboxylic acids is 1. The number of thioether (sulfide) groups is 1. The molecule has 0 aliphatic carbocycles. The highest BCUT2D eigenvalue weighted by Gasteiger charge is 2.20. The Morgan fingerprint density at radius 3 is 2.62 bits per heavy atom. The van der Waals surface area contributed by atoms with Crippen LogP contribution >= 0.6 is 11.8 Å². The van der Waals surface area contributed by atoms with Gasteiger partial charge in [0.05, 0.1) is 10.9 Å². The Morgan fingerprint density at radius 2 is 1.88 bits per heavy atom. The molecule has 0 radical (unpaired) electrons. The van der Waals surface area contributed by atoms with Gasteiger partial charge in [-0.15, -0.1) is 10.2 Å². The molecule has 2 aromatic carbocycles. The van der Waals surface area contributed by atoms with Crippen molar-refractivity contribution in [3.63, 3.8) is 0 Å². The first-order valence-electron chi connectivity index (χ1n) is 7.75. The number of amides is 1. The SMILES string of the molecule is Cc1ccc(-c2nnc(S[C@@H](C)C(=O)Nc3cc(F)ccc3F)o2)cc1. The van der Waals surface area contributed by atoms with Gasteiger partial charge < -0.3 is 9.73 Å². The van der Waals surface area contributed by atoms with E-state index >= 15 is 0 Å². The van der Waals surface area contributed by atoms with E-state index in [4.69, 9.17) is 4.42 Å². The van der Waals surface area contributed by atoms with Crippen LogP contribution in [0, 0.1) is 18.6 Å². The lowest BCUT2D eigenvalue weighted by Crippen LogP contribution is -2.23. The highest BCUT2D eigenvalue weighted by atomic mass is 32.2. The molecule has 0 spiro atoms. The molecule has 0 bridgehead atoms. The normalized spacial score (nSPS) is 12.0. The van der Waals surface area contributed by atoms with Gasteiger partial charge in [0.25, 0.3) is 5.22 Å². The van der Waals surface area contributed by atoms with Crippen LogP contribution in [0.2, 0.25) is 0 Å². The smallest absolute Gasteiger partial charge is 0.277 e. The minimum Gasteiger partial charge on any atom is -0.411 e. The van der Waals surface area contributed by atoms with E-state index in [2.05, 4.69) is 15.5 Å². The van der Waals surface area contributed by atoms with Crippen LogP contribution in [-0.2, 0) is 4.79 Å². The van der Waals surface area contributed by atoms with E-state index in [-0.39, 0.29) is 10.9 Å². The number of carbonyl (C=O) groups is 1. The quantitative estimate of drug-likeness (QED) is 0.668. The number of anilines is 1. The van der Waals surface area contributed by atoms with Gasteiger partial charge in [0, 0.05) is 11.6 Å². The molecule has 0 fully saturated rings. The van der Waals surface area contributed by atoms with Gasteiger partial charge in [-0.25, -0.2) is 8.78 Å². The third kappa shape index (κ3) is 4.26. The second-order valence-electron chi connectivity index (χ2n) is 5.61. The van der Waals surface area contributed by atoms with Gasteiger partial charge in [-0.3, -0.25) is 4.79 Å². The van der Waals surface area contributed by atoms with Gasteiger partial charge in [0.2, 0.25) is 11.8 Å². The Labute approximate surface area is 152 Å². The zero-order valence-corrected chi connectivity index (χ0v) is 14.8. The topological polar surface area (TPSA) is 68.0 Å². The molecular weight excluding hydrogens is 360 g/mol. The molecule has 0 saturated heterocycles. The Kier molecular flexibility index (Phi) is 5.32. The molecule has 3 rings (SSSR count). The van der Waals surface area contributed by atoms with Crippen molar-refractivity contribution in [2.75, 3.05) is 5.32 Å². The lowest BCUT2D eigenvalue weighted by Gasteiger charge is -2.10. The summed E-state index contributed by atoms with van der Waals surface area (Å²) in [4.78, 5) is 12.2. The van der Waals surface area contributed by atoms with Crippen LogP contribution < -0.4 is 5.32 Å². The zero-order valence-electron chi connectivity index (χ0n) is 14.0. The van der Waals surface area contributed by atoms with E-state index in [1.54, 1.807) is 6.92 Å². The third-order valence-corrected chi connectivity index (χ3v) is 4.47. The van der Waals surface area contributed by atoms with E-state index in [1.165, 1.54) is 0 Å². The summed E-state index contributed by atoms with van der Waals surface area (Å²) in [6, 6.07) is 10.4. The Morgan fingerprint density at radius 1 is 1.15 bits per heavy atom. The molecule has 0 aliphatic rings. The molecule has 1 amide bonds. The average Bonchev–Trinajstić information content (AvgIpc) is 3.07. The predicted molar refractivity (Wildman–Crippen MR) is 94.8 cm³/mol. The first-order valence-corrected chi connectivity index (χ1v) is 8.63. The molecule has 1 aromatic heterocycles. The molecule has 1 atom stereocenters. The Hall–Kier alpha value is -2.74. The van der Waals surface area contributed by atoms with Crippen LogP contribution in [0.25, 0.3) is 11.5 Å². The van der Waals surface area contributed by atoms with Crippen LogP contribution in [0.1, 0.15) is 12.5 Å². The molecule has 5 nitrogen and oxygen atoms in total. The number of hydrogen-bond donors (Lipinski definition) is 1. The summed E-state index contributed by atoms with van der Waals surface area (Å²) in [5, 5.41) is 9.78. The van der Waals surface area contributed by atoms with Crippen molar-refractivity contribution in [3.8, 4) is 11.5 Å². The standard InChI is InChI=1S/C18H15F2N3O2S/c1-10-3-5-12(6-4-10)17-22-23-18(25-17)26-11(2)16(24)21-15-9-13(19)7-8-14(15)20/h3-9,11H,1-2H3,(H,21,24)/t11-/m0/s1. The van der Waals surface area contributed by atoms with Crippen molar-refractivity contribution >= 4 is 23.4 Å². The fourth-order valence-electron chi connectivity index (χ4n) is 2.10. The number of halogens is 2. The molecule has 3 aromatic rings. The minimum absolute atomic E-state index is 0.211. The maximum absolute atomic E-state index is 13.6. The van der Waals surface area contributed by atoms with Crippen LogP contribution in [0.15, 0.2) is 52.1 Å². The number of nitrogens with zero attached hydrogens (tertiary/aromatic N) is 2. The fraction of sp³-hybridized carbons (Fsp3) is 0.167. The zero-order chi connectivity index (χ0) is 18.7. The molecule has 26 heavy (non-hydrogen) atoms. The summed E-state index contributed by atoms with van der Waals surface area (Å²) in [6.45, 7) is 3.58. The summed E-state index contributed by atoms with van der Waals surface area (Å²) in [6.07, 6.45) is 0. The van der Waals surface area contributed by atoms with E-state index in [0.717, 1.165) is 41.1 Å². The van der Waals surface area contributed by atoms with Crippen LogP contribution in [0.3, 0.4) is 0 Å². The highest BCUT2D eigenvalue weighted by Crippen LogP contribution is 2.27. The molecule has 8 heteroatoms. The largest absolute Gasteiger partial charge is 0.411 e.